The summed E-state index contributed by atoms with van der Waals surface area (Å²) in [5.74, 6) is 0.713. The van der Waals surface area contributed by atoms with Crippen LogP contribution in [0.1, 0.15) is 19.2 Å². The average molecular weight is 224 g/mol. The molecule has 1 atom stereocenters. The molecule has 1 aromatic rings. The van der Waals surface area contributed by atoms with Crippen LogP contribution in [0.25, 0.3) is 0 Å². The fraction of sp³-hybridized carbons (Fsp3) is 0.800. The van der Waals surface area contributed by atoms with Gasteiger partial charge in [-0.3, -0.25) is 4.57 Å². The molecular formula is C10H16N4O2. The molecule has 1 saturated heterocycles. The minimum atomic E-state index is -0.170. The van der Waals surface area contributed by atoms with Crippen LogP contribution < -0.4 is 5.69 Å². The summed E-state index contributed by atoms with van der Waals surface area (Å²) >= 11 is 0. The van der Waals surface area contributed by atoms with Crippen molar-refractivity contribution in [1.29, 1.82) is 0 Å². The zero-order valence-electron chi connectivity index (χ0n) is 9.40. The summed E-state index contributed by atoms with van der Waals surface area (Å²) in [6.45, 7) is 6.24. The van der Waals surface area contributed by atoms with Gasteiger partial charge < -0.3 is 9.64 Å². The Balaban J connectivity index is 1.87. The molecule has 1 aromatic heterocycles. The summed E-state index contributed by atoms with van der Waals surface area (Å²) in [7, 11) is 0. The van der Waals surface area contributed by atoms with Gasteiger partial charge in [0.15, 0.2) is 5.82 Å². The molecule has 1 unspecified atom stereocenters. The van der Waals surface area contributed by atoms with Gasteiger partial charge in [-0.05, 0) is 13.0 Å². The molecule has 3 rings (SSSR count). The van der Waals surface area contributed by atoms with E-state index in [1.807, 2.05) is 0 Å². The molecule has 1 fully saturated rings. The highest BCUT2D eigenvalue weighted by molar-refractivity contribution is 4.99. The Labute approximate surface area is 93.2 Å². The van der Waals surface area contributed by atoms with Gasteiger partial charge in [-0.1, -0.05) is 6.92 Å². The van der Waals surface area contributed by atoms with E-state index in [9.17, 15) is 4.79 Å². The number of ether oxygens (including phenoxy) is 1. The molecule has 2 aliphatic rings. The number of H-pyrrole nitrogens is 1. The lowest BCUT2D eigenvalue weighted by atomic mass is 10.0. The Morgan fingerprint density at radius 3 is 3.19 bits per heavy atom. The maximum Gasteiger partial charge on any atom is 0.343 e. The van der Waals surface area contributed by atoms with Crippen molar-refractivity contribution in [3.8, 4) is 0 Å². The number of likely N-dealkylation sites (N-methyl/N-ethyl adjacent to an activating group) is 1. The van der Waals surface area contributed by atoms with Gasteiger partial charge >= 0.3 is 5.69 Å². The normalized spacial score (nSPS) is 29.8. The highest BCUT2D eigenvalue weighted by Crippen LogP contribution is 2.30. The van der Waals surface area contributed by atoms with Gasteiger partial charge in [-0.25, -0.2) is 9.89 Å². The van der Waals surface area contributed by atoms with Crippen molar-refractivity contribution in [2.75, 3.05) is 19.6 Å². The Bertz CT molecular complexity index is 452. The minimum absolute atomic E-state index is 0.118. The molecule has 0 radical (unpaired) electrons. The van der Waals surface area contributed by atoms with Crippen molar-refractivity contribution in [3.63, 3.8) is 0 Å². The fourth-order valence-electron chi connectivity index (χ4n) is 2.62. The number of hydrogen-bond donors (Lipinski definition) is 1. The fourth-order valence-corrected chi connectivity index (χ4v) is 2.62. The van der Waals surface area contributed by atoms with Gasteiger partial charge in [-0.2, -0.15) is 5.10 Å². The van der Waals surface area contributed by atoms with Gasteiger partial charge in [-0.15, -0.1) is 0 Å². The number of fused-ring (bicyclic) bond motifs is 1. The molecular weight excluding hydrogens is 208 g/mol. The topological polar surface area (TPSA) is 63.2 Å². The monoisotopic (exact) mass is 224 g/mol. The molecule has 2 aliphatic heterocycles. The van der Waals surface area contributed by atoms with Gasteiger partial charge in [0.25, 0.3) is 0 Å². The SMILES string of the molecule is CCN1CCC2(C1)Cn1c(n[nH]c1=O)CO2. The molecule has 0 saturated carbocycles. The van der Waals surface area contributed by atoms with Crippen LogP contribution in [-0.2, 0) is 17.9 Å². The largest absolute Gasteiger partial charge is 0.364 e. The highest BCUT2D eigenvalue weighted by Gasteiger charge is 2.42. The number of aromatic amines is 1. The first-order valence-electron chi connectivity index (χ1n) is 5.73. The third-order valence-corrected chi connectivity index (χ3v) is 3.63. The van der Waals surface area contributed by atoms with E-state index in [1.165, 1.54) is 0 Å². The second-order valence-electron chi connectivity index (χ2n) is 4.62. The molecule has 6 nitrogen and oxygen atoms in total. The highest BCUT2D eigenvalue weighted by atomic mass is 16.5. The van der Waals surface area contributed by atoms with Crippen LogP contribution in [0.2, 0.25) is 0 Å². The van der Waals surface area contributed by atoms with Crippen molar-refractivity contribution in [1.82, 2.24) is 19.7 Å². The minimum Gasteiger partial charge on any atom is -0.364 e. The van der Waals surface area contributed by atoms with Crippen molar-refractivity contribution in [2.24, 2.45) is 0 Å². The van der Waals surface area contributed by atoms with E-state index in [0.29, 0.717) is 19.0 Å². The van der Waals surface area contributed by atoms with Crippen LogP contribution in [0.3, 0.4) is 0 Å². The van der Waals surface area contributed by atoms with Crippen LogP contribution >= 0.6 is 0 Å². The summed E-state index contributed by atoms with van der Waals surface area (Å²) in [5.41, 5.74) is -0.288. The lowest BCUT2D eigenvalue weighted by Gasteiger charge is -2.33. The zero-order valence-corrected chi connectivity index (χ0v) is 9.40. The summed E-state index contributed by atoms with van der Waals surface area (Å²) in [6, 6.07) is 0. The van der Waals surface area contributed by atoms with E-state index in [1.54, 1.807) is 4.57 Å². The Kier molecular flexibility index (Phi) is 2.15. The molecule has 0 aromatic carbocycles. The Hall–Kier alpha value is -1.14. The van der Waals surface area contributed by atoms with Gasteiger partial charge in [0.1, 0.15) is 12.2 Å². The third kappa shape index (κ3) is 1.41. The number of hydrogen-bond acceptors (Lipinski definition) is 4. The average Bonchev–Trinajstić information content (AvgIpc) is 2.85. The van der Waals surface area contributed by atoms with Crippen molar-refractivity contribution >= 4 is 0 Å². The first-order valence-corrected chi connectivity index (χ1v) is 5.73. The molecule has 1 N–H and O–H groups in total. The lowest BCUT2D eigenvalue weighted by Crippen LogP contribution is -2.46. The second kappa shape index (κ2) is 3.43. The van der Waals surface area contributed by atoms with Crippen LogP contribution in [-0.4, -0.2) is 44.9 Å². The summed E-state index contributed by atoms with van der Waals surface area (Å²) < 4.78 is 7.63. The van der Waals surface area contributed by atoms with E-state index < -0.39 is 0 Å². The molecule has 6 heteroatoms. The van der Waals surface area contributed by atoms with Gasteiger partial charge in [0.2, 0.25) is 0 Å². The molecule has 1 spiro atoms. The van der Waals surface area contributed by atoms with Gasteiger partial charge in [0.05, 0.1) is 6.54 Å². The van der Waals surface area contributed by atoms with E-state index in [0.717, 1.165) is 26.1 Å². The number of rotatable bonds is 1. The summed E-state index contributed by atoms with van der Waals surface area (Å²) in [6.07, 6.45) is 0.998. The molecule has 0 amide bonds. The maximum atomic E-state index is 11.5. The summed E-state index contributed by atoms with van der Waals surface area (Å²) in [4.78, 5) is 13.9. The quantitative estimate of drug-likeness (QED) is 0.703. The third-order valence-electron chi connectivity index (χ3n) is 3.63. The molecule has 0 aliphatic carbocycles. The molecule has 88 valence electrons. The molecule has 16 heavy (non-hydrogen) atoms. The van der Waals surface area contributed by atoms with E-state index in [4.69, 9.17) is 4.74 Å². The lowest BCUT2D eigenvalue weighted by molar-refractivity contribution is -0.0827. The first-order chi connectivity index (χ1) is 7.72. The van der Waals surface area contributed by atoms with Crippen LogP contribution in [0.4, 0.5) is 0 Å². The summed E-state index contributed by atoms with van der Waals surface area (Å²) in [5, 5.41) is 6.41. The molecule has 0 bridgehead atoms. The van der Waals surface area contributed by atoms with Crippen LogP contribution in [0, 0.1) is 0 Å². The van der Waals surface area contributed by atoms with E-state index in [2.05, 4.69) is 22.0 Å². The van der Waals surface area contributed by atoms with Crippen molar-refractivity contribution in [2.45, 2.75) is 32.1 Å². The second-order valence-corrected chi connectivity index (χ2v) is 4.62. The smallest absolute Gasteiger partial charge is 0.343 e. The van der Waals surface area contributed by atoms with Crippen LogP contribution in [0.15, 0.2) is 4.79 Å². The van der Waals surface area contributed by atoms with E-state index in [-0.39, 0.29) is 11.3 Å². The first kappa shape index (κ1) is 10.0. The van der Waals surface area contributed by atoms with Gasteiger partial charge in [0, 0.05) is 13.1 Å². The number of nitrogens with zero attached hydrogens (tertiary/aromatic N) is 3. The van der Waals surface area contributed by atoms with E-state index >= 15 is 0 Å². The maximum absolute atomic E-state index is 11.5. The predicted molar refractivity (Wildman–Crippen MR) is 57.1 cm³/mol. The van der Waals surface area contributed by atoms with Crippen molar-refractivity contribution in [3.05, 3.63) is 16.3 Å². The van der Waals surface area contributed by atoms with Crippen LogP contribution in [0.5, 0.6) is 0 Å². The number of aromatic nitrogens is 3. The number of likely N-dealkylation sites (tertiary alicyclic amines) is 1. The molecule has 3 heterocycles. The predicted octanol–water partition coefficient (Wildman–Crippen LogP) is -0.434. The zero-order chi connectivity index (χ0) is 11.2. The Morgan fingerprint density at radius 2 is 2.44 bits per heavy atom. The van der Waals surface area contributed by atoms with Crippen molar-refractivity contribution < 1.29 is 4.74 Å². The number of nitrogens with one attached hydrogen (secondary N) is 1. The standard InChI is InChI=1S/C10H16N4O2/c1-2-13-4-3-10(6-13)7-14-8(5-16-10)11-12-9(14)15/h2-7H2,1H3,(H,12,15). The Morgan fingerprint density at radius 1 is 1.56 bits per heavy atom.